The number of rotatable bonds is 4. The van der Waals surface area contributed by atoms with Crippen molar-refractivity contribution in [1.82, 2.24) is 4.90 Å². The summed E-state index contributed by atoms with van der Waals surface area (Å²) < 4.78 is 38.1. The Kier molecular flexibility index (Phi) is 5.04. The van der Waals surface area contributed by atoms with Crippen LogP contribution in [0.2, 0.25) is 0 Å². The summed E-state index contributed by atoms with van der Waals surface area (Å²) in [6, 6.07) is 5.02. The third-order valence-corrected chi connectivity index (χ3v) is 3.28. The van der Waals surface area contributed by atoms with Crippen molar-refractivity contribution in [2.24, 2.45) is 0 Å². The van der Waals surface area contributed by atoms with Crippen molar-refractivity contribution in [3.63, 3.8) is 0 Å². The second-order valence-corrected chi connectivity index (χ2v) is 5.32. The van der Waals surface area contributed by atoms with Gasteiger partial charge in [-0.2, -0.15) is 13.2 Å². The first-order valence-electron chi connectivity index (χ1n) is 5.54. The highest BCUT2D eigenvalue weighted by Crippen LogP contribution is 2.23. The van der Waals surface area contributed by atoms with E-state index in [0.717, 1.165) is 10.0 Å². The molecular formula is C12H16BrF3N2. The van der Waals surface area contributed by atoms with Crippen molar-refractivity contribution in [3.8, 4) is 0 Å². The summed E-state index contributed by atoms with van der Waals surface area (Å²) in [5, 5.41) is 0. The lowest BCUT2D eigenvalue weighted by Crippen LogP contribution is -2.38. The quantitative estimate of drug-likeness (QED) is 0.853. The van der Waals surface area contributed by atoms with Crippen molar-refractivity contribution < 1.29 is 13.2 Å². The predicted octanol–water partition coefficient (Wildman–Crippen LogP) is 3.80. The first kappa shape index (κ1) is 15.3. The summed E-state index contributed by atoms with van der Waals surface area (Å²) >= 11 is 3.25. The molecule has 6 heteroatoms. The van der Waals surface area contributed by atoms with Crippen LogP contribution in [0.4, 0.5) is 18.9 Å². The Bertz CT molecular complexity index is 405. The van der Waals surface area contributed by atoms with Crippen LogP contribution in [0.5, 0.6) is 0 Å². The van der Waals surface area contributed by atoms with E-state index >= 15 is 0 Å². The number of halogens is 4. The van der Waals surface area contributed by atoms with Crippen LogP contribution in [-0.2, 0) is 6.54 Å². The maximum atomic E-state index is 12.4. The smallest absolute Gasteiger partial charge is 0.398 e. The molecule has 0 aliphatic carbocycles. The Morgan fingerprint density at radius 3 is 2.39 bits per heavy atom. The number of nitrogens with zero attached hydrogens (tertiary/aromatic N) is 1. The normalized spacial score (nSPS) is 12.4. The fourth-order valence-corrected chi connectivity index (χ4v) is 1.82. The maximum absolute atomic E-state index is 12.4. The summed E-state index contributed by atoms with van der Waals surface area (Å²) in [5.74, 6) is 0. The highest BCUT2D eigenvalue weighted by molar-refractivity contribution is 9.10. The van der Waals surface area contributed by atoms with E-state index in [1.54, 1.807) is 32.0 Å². The summed E-state index contributed by atoms with van der Waals surface area (Å²) in [6.45, 7) is 2.80. The van der Waals surface area contributed by atoms with Crippen LogP contribution in [0.3, 0.4) is 0 Å². The number of anilines is 1. The maximum Gasteiger partial charge on any atom is 0.401 e. The molecule has 2 N–H and O–H groups in total. The Hall–Kier alpha value is -0.750. The fourth-order valence-electron chi connectivity index (χ4n) is 1.58. The van der Waals surface area contributed by atoms with Gasteiger partial charge < -0.3 is 5.73 Å². The van der Waals surface area contributed by atoms with Gasteiger partial charge in [0.25, 0.3) is 0 Å². The van der Waals surface area contributed by atoms with Gasteiger partial charge in [0.15, 0.2) is 0 Å². The minimum absolute atomic E-state index is 0.184. The lowest BCUT2D eigenvalue weighted by atomic mass is 10.1. The van der Waals surface area contributed by atoms with E-state index in [0.29, 0.717) is 5.69 Å². The second kappa shape index (κ2) is 5.93. The number of nitrogen functional groups attached to an aromatic ring is 1. The van der Waals surface area contributed by atoms with Gasteiger partial charge >= 0.3 is 6.18 Å². The van der Waals surface area contributed by atoms with Crippen LogP contribution in [0.25, 0.3) is 0 Å². The summed E-state index contributed by atoms with van der Waals surface area (Å²) in [6.07, 6.45) is -4.19. The van der Waals surface area contributed by atoms with E-state index in [1.807, 2.05) is 0 Å². The number of alkyl halides is 3. The molecule has 1 rings (SSSR count). The van der Waals surface area contributed by atoms with Gasteiger partial charge in [0.05, 0.1) is 6.54 Å². The highest BCUT2D eigenvalue weighted by Gasteiger charge is 2.31. The number of benzene rings is 1. The van der Waals surface area contributed by atoms with Gasteiger partial charge in [-0.15, -0.1) is 0 Å². The van der Waals surface area contributed by atoms with Crippen LogP contribution < -0.4 is 5.73 Å². The average molecular weight is 325 g/mol. The van der Waals surface area contributed by atoms with Gasteiger partial charge in [0, 0.05) is 22.7 Å². The fraction of sp³-hybridized carbons (Fsp3) is 0.500. The molecule has 0 aliphatic heterocycles. The van der Waals surface area contributed by atoms with Gasteiger partial charge in [-0.25, -0.2) is 0 Å². The molecule has 0 unspecified atom stereocenters. The predicted molar refractivity (Wildman–Crippen MR) is 70.2 cm³/mol. The first-order valence-corrected chi connectivity index (χ1v) is 6.33. The Balaban J connectivity index is 2.80. The molecule has 0 spiro atoms. The zero-order valence-corrected chi connectivity index (χ0v) is 11.8. The molecule has 0 aromatic heterocycles. The van der Waals surface area contributed by atoms with E-state index in [2.05, 4.69) is 15.9 Å². The van der Waals surface area contributed by atoms with E-state index in [-0.39, 0.29) is 12.6 Å². The zero-order valence-electron chi connectivity index (χ0n) is 10.3. The van der Waals surface area contributed by atoms with Crippen molar-refractivity contribution in [2.45, 2.75) is 32.6 Å². The minimum Gasteiger partial charge on any atom is -0.398 e. The molecule has 0 bridgehead atoms. The van der Waals surface area contributed by atoms with Crippen molar-refractivity contribution in [1.29, 1.82) is 0 Å². The van der Waals surface area contributed by atoms with Gasteiger partial charge in [0.2, 0.25) is 0 Å². The third kappa shape index (κ3) is 4.86. The van der Waals surface area contributed by atoms with Crippen molar-refractivity contribution in [2.75, 3.05) is 12.3 Å². The van der Waals surface area contributed by atoms with E-state index in [4.69, 9.17) is 5.73 Å². The standard InChI is InChI=1S/C12H16BrF3N2/c1-8(2)18(7-12(14,15)16)6-9-3-4-10(13)11(17)5-9/h3-5,8H,6-7,17H2,1-2H3. The first-order chi connectivity index (χ1) is 8.19. The zero-order chi connectivity index (χ0) is 13.9. The molecule has 2 nitrogen and oxygen atoms in total. The van der Waals surface area contributed by atoms with E-state index in [1.165, 1.54) is 4.90 Å². The molecule has 0 saturated carbocycles. The van der Waals surface area contributed by atoms with Crippen LogP contribution in [-0.4, -0.2) is 23.7 Å². The number of hydrogen-bond donors (Lipinski definition) is 1. The molecule has 0 aliphatic rings. The Labute approximate surface area is 113 Å². The van der Waals surface area contributed by atoms with Gasteiger partial charge in [-0.05, 0) is 47.5 Å². The Morgan fingerprint density at radius 1 is 1.33 bits per heavy atom. The van der Waals surface area contributed by atoms with Gasteiger partial charge in [0.1, 0.15) is 0 Å². The van der Waals surface area contributed by atoms with Gasteiger partial charge in [-0.1, -0.05) is 6.07 Å². The van der Waals surface area contributed by atoms with Crippen molar-refractivity contribution >= 4 is 21.6 Å². The molecular weight excluding hydrogens is 309 g/mol. The van der Waals surface area contributed by atoms with Gasteiger partial charge in [-0.3, -0.25) is 4.90 Å². The largest absolute Gasteiger partial charge is 0.401 e. The number of hydrogen-bond acceptors (Lipinski definition) is 2. The van der Waals surface area contributed by atoms with Crippen LogP contribution in [0.1, 0.15) is 19.4 Å². The summed E-state index contributed by atoms with van der Waals surface area (Å²) in [4.78, 5) is 1.36. The second-order valence-electron chi connectivity index (χ2n) is 4.47. The topological polar surface area (TPSA) is 29.3 Å². The lowest BCUT2D eigenvalue weighted by Gasteiger charge is -2.27. The summed E-state index contributed by atoms with van der Waals surface area (Å²) in [7, 11) is 0. The number of nitrogens with two attached hydrogens (primary N) is 1. The molecule has 0 fully saturated rings. The molecule has 102 valence electrons. The Morgan fingerprint density at radius 2 is 1.94 bits per heavy atom. The van der Waals surface area contributed by atoms with E-state index in [9.17, 15) is 13.2 Å². The van der Waals surface area contributed by atoms with Crippen LogP contribution in [0, 0.1) is 0 Å². The SMILES string of the molecule is CC(C)N(Cc1ccc(Br)c(N)c1)CC(F)(F)F. The summed E-state index contributed by atoms with van der Waals surface area (Å²) in [5.41, 5.74) is 7.01. The minimum atomic E-state index is -4.19. The molecule has 1 aromatic rings. The molecule has 0 radical (unpaired) electrons. The van der Waals surface area contributed by atoms with Crippen molar-refractivity contribution in [3.05, 3.63) is 28.2 Å². The van der Waals surface area contributed by atoms with E-state index < -0.39 is 12.7 Å². The monoisotopic (exact) mass is 324 g/mol. The highest BCUT2D eigenvalue weighted by atomic mass is 79.9. The lowest BCUT2D eigenvalue weighted by molar-refractivity contribution is -0.150. The molecule has 1 aromatic carbocycles. The molecule has 0 saturated heterocycles. The molecule has 0 atom stereocenters. The average Bonchev–Trinajstić information content (AvgIpc) is 2.20. The van der Waals surface area contributed by atoms with Crippen LogP contribution in [0.15, 0.2) is 22.7 Å². The van der Waals surface area contributed by atoms with Crippen LogP contribution >= 0.6 is 15.9 Å². The molecule has 18 heavy (non-hydrogen) atoms. The molecule has 0 heterocycles. The molecule has 0 amide bonds. The third-order valence-electron chi connectivity index (χ3n) is 2.56.